The van der Waals surface area contributed by atoms with E-state index >= 15 is 0 Å². The summed E-state index contributed by atoms with van der Waals surface area (Å²) in [6.07, 6.45) is 5.34. The molecule has 0 bridgehead atoms. The Morgan fingerprint density at radius 1 is 0.933 bits per heavy atom. The molecule has 8 heteroatoms. The lowest BCUT2D eigenvalue weighted by molar-refractivity contribution is -0.166. The monoisotopic (exact) mass is 640 g/mol. The van der Waals surface area contributed by atoms with Gasteiger partial charge < -0.3 is 28.1 Å². The number of carbonyl (C=O) groups is 1. The van der Waals surface area contributed by atoms with Crippen molar-refractivity contribution in [3.8, 4) is 5.75 Å². The first-order chi connectivity index (χ1) is 21.2. The fraction of sp³-hybridized carbons (Fsp3) is 0.541. The van der Waals surface area contributed by atoms with E-state index in [-0.39, 0.29) is 30.0 Å². The molecule has 0 aliphatic carbocycles. The van der Waals surface area contributed by atoms with Crippen LogP contribution in [0, 0.1) is 5.41 Å². The first-order valence-electron chi connectivity index (χ1n) is 15.8. The lowest BCUT2D eigenvalue weighted by Crippen LogP contribution is -2.40. The largest absolute Gasteiger partial charge is 0.497 e. The van der Waals surface area contributed by atoms with Crippen LogP contribution in [0.15, 0.2) is 79.4 Å². The maximum Gasteiger partial charge on any atom is 0.315 e. The molecule has 2 rings (SSSR count). The molecule has 0 amide bonds. The van der Waals surface area contributed by atoms with Crippen molar-refractivity contribution in [1.82, 2.24) is 0 Å². The molecule has 0 radical (unpaired) electrons. The second-order valence-corrected chi connectivity index (χ2v) is 18.3. The summed E-state index contributed by atoms with van der Waals surface area (Å²) in [5.41, 5.74) is 1.24. The molecule has 0 saturated carbocycles. The lowest BCUT2D eigenvalue weighted by Gasteiger charge is -2.35. The number of methoxy groups -OCH3 is 1. The van der Waals surface area contributed by atoms with E-state index in [1.54, 1.807) is 13.2 Å². The molecule has 0 aliphatic heterocycles. The number of esters is 1. The molecule has 0 saturated heterocycles. The highest BCUT2D eigenvalue weighted by Gasteiger charge is 2.37. The standard InChI is InChI=1S/C37H56O7Si/c1-11-16-33(44-35(38)37(6,7)23-15-24-43-45(9,10)36(3,4)5)25-34(41-27-31-19-21-32(39-8)22-20-31)29(2)42-28-40-26-30-17-13-12-14-18-30/h11-15,17-23,29,33-34H,1,16,24-28H2,2-10H3/t29-,33-,34-/m1/s1. The maximum absolute atomic E-state index is 13.4. The summed E-state index contributed by atoms with van der Waals surface area (Å²) >= 11 is 0. The van der Waals surface area contributed by atoms with Crippen LogP contribution in [0.2, 0.25) is 18.1 Å². The maximum atomic E-state index is 13.4. The lowest BCUT2D eigenvalue weighted by atomic mass is 9.93. The van der Waals surface area contributed by atoms with Gasteiger partial charge in [-0.2, -0.15) is 0 Å². The first-order valence-corrected chi connectivity index (χ1v) is 18.7. The molecule has 2 aromatic rings. The number of benzene rings is 2. The van der Waals surface area contributed by atoms with E-state index in [2.05, 4.69) is 40.4 Å². The van der Waals surface area contributed by atoms with Crippen molar-refractivity contribution >= 4 is 14.3 Å². The minimum Gasteiger partial charge on any atom is -0.497 e. The van der Waals surface area contributed by atoms with E-state index < -0.39 is 19.8 Å². The number of ether oxygens (including phenoxy) is 5. The summed E-state index contributed by atoms with van der Waals surface area (Å²) in [5.74, 6) is 0.468. The van der Waals surface area contributed by atoms with Crippen LogP contribution < -0.4 is 4.74 Å². The summed E-state index contributed by atoms with van der Waals surface area (Å²) < 4.78 is 35.8. The summed E-state index contributed by atoms with van der Waals surface area (Å²) in [6.45, 7) is 22.0. The van der Waals surface area contributed by atoms with Gasteiger partial charge in [-0.1, -0.05) is 81.5 Å². The van der Waals surface area contributed by atoms with Crippen molar-refractivity contribution in [2.24, 2.45) is 5.41 Å². The molecule has 2 aromatic carbocycles. The Bertz CT molecular complexity index is 1170. The fourth-order valence-electron chi connectivity index (χ4n) is 4.14. The Balaban J connectivity index is 2.06. The van der Waals surface area contributed by atoms with Crippen LogP contribution in [0.3, 0.4) is 0 Å². The van der Waals surface area contributed by atoms with Gasteiger partial charge >= 0.3 is 5.97 Å². The van der Waals surface area contributed by atoms with Gasteiger partial charge in [0.15, 0.2) is 8.32 Å². The van der Waals surface area contributed by atoms with Gasteiger partial charge in [-0.15, -0.1) is 6.58 Å². The molecule has 0 fully saturated rings. The average Bonchev–Trinajstić information content (AvgIpc) is 2.99. The molecule has 0 heterocycles. The van der Waals surface area contributed by atoms with Gasteiger partial charge in [0.2, 0.25) is 0 Å². The minimum atomic E-state index is -1.88. The summed E-state index contributed by atoms with van der Waals surface area (Å²) in [7, 11) is -0.241. The number of carbonyl (C=O) groups excluding carboxylic acids is 1. The predicted octanol–water partition coefficient (Wildman–Crippen LogP) is 8.64. The Kier molecular flexibility index (Phi) is 15.7. The summed E-state index contributed by atoms with van der Waals surface area (Å²) in [6, 6.07) is 17.7. The van der Waals surface area contributed by atoms with Gasteiger partial charge in [-0.05, 0) is 62.2 Å². The number of hydrogen-bond donors (Lipinski definition) is 0. The smallest absolute Gasteiger partial charge is 0.315 e. The highest BCUT2D eigenvalue weighted by atomic mass is 28.4. The van der Waals surface area contributed by atoms with Crippen LogP contribution in [0.25, 0.3) is 0 Å². The highest BCUT2D eigenvalue weighted by Crippen LogP contribution is 2.36. The summed E-state index contributed by atoms with van der Waals surface area (Å²) in [5, 5.41) is 0.119. The molecule has 7 nitrogen and oxygen atoms in total. The van der Waals surface area contributed by atoms with E-state index in [0.717, 1.165) is 16.9 Å². The molecule has 45 heavy (non-hydrogen) atoms. The second-order valence-electron chi connectivity index (χ2n) is 13.5. The van der Waals surface area contributed by atoms with E-state index in [1.165, 1.54) is 0 Å². The van der Waals surface area contributed by atoms with Gasteiger partial charge in [-0.3, -0.25) is 4.79 Å². The molecule has 250 valence electrons. The quantitative estimate of drug-likeness (QED) is 0.0472. The highest BCUT2D eigenvalue weighted by molar-refractivity contribution is 6.74. The van der Waals surface area contributed by atoms with Gasteiger partial charge in [0.1, 0.15) is 18.6 Å². The zero-order chi connectivity index (χ0) is 33.5. The Morgan fingerprint density at radius 2 is 1.58 bits per heavy atom. The Hall–Kier alpha value is -2.75. The van der Waals surface area contributed by atoms with Gasteiger partial charge in [0.05, 0.1) is 44.6 Å². The van der Waals surface area contributed by atoms with Crippen LogP contribution in [0.1, 0.15) is 65.5 Å². The van der Waals surface area contributed by atoms with E-state index in [1.807, 2.05) is 87.5 Å². The molecule has 0 aromatic heterocycles. The van der Waals surface area contributed by atoms with Crippen molar-refractivity contribution < 1.29 is 32.9 Å². The average molecular weight is 641 g/mol. The van der Waals surface area contributed by atoms with E-state index in [4.69, 9.17) is 28.1 Å². The topological polar surface area (TPSA) is 72.5 Å². The van der Waals surface area contributed by atoms with Crippen LogP contribution in [0.4, 0.5) is 0 Å². The van der Waals surface area contributed by atoms with Crippen LogP contribution in [-0.2, 0) is 41.4 Å². The Labute approximate surface area is 273 Å². The number of rotatable bonds is 20. The van der Waals surface area contributed by atoms with Crippen molar-refractivity contribution in [2.75, 3.05) is 20.5 Å². The molecule has 0 unspecified atom stereocenters. The summed E-state index contributed by atoms with van der Waals surface area (Å²) in [4.78, 5) is 13.4. The first kappa shape index (κ1) is 38.4. The fourth-order valence-corrected chi connectivity index (χ4v) is 5.09. The normalized spacial score (nSPS) is 14.6. The van der Waals surface area contributed by atoms with Crippen molar-refractivity contribution in [2.45, 2.75) is 104 Å². The minimum absolute atomic E-state index is 0.110. The molecular weight excluding hydrogens is 584 g/mol. The molecular formula is C37H56O7Si. The van der Waals surface area contributed by atoms with Gasteiger partial charge in [0, 0.05) is 12.8 Å². The zero-order valence-corrected chi connectivity index (χ0v) is 30.0. The number of hydrogen-bond acceptors (Lipinski definition) is 7. The van der Waals surface area contributed by atoms with Crippen LogP contribution >= 0.6 is 0 Å². The van der Waals surface area contributed by atoms with E-state index in [0.29, 0.717) is 32.7 Å². The van der Waals surface area contributed by atoms with Crippen LogP contribution in [0.5, 0.6) is 5.75 Å². The van der Waals surface area contributed by atoms with Gasteiger partial charge in [-0.25, -0.2) is 0 Å². The second kappa shape index (κ2) is 18.4. The third-order valence-corrected chi connectivity index (χ3v) is 12.8. The van der Waals surface area contributed by atoms with E-state index in [9.17, 15) is 4.79 Å². The zero-order valence-electron chi connectivity index (χ0n) is 29.0. The Morgan fingerprint density at radius 3 is 2.18 bits per heavy atom. The molecule has 3 atom stereocenters. The molecule has 0 spiro atoms. The van der Waals surface area contributed by atoms with Crippen molar-refractivity contribution in [3.63, 3.8) is 0 Å². The predicted molar refractivity (Wildman–Crippen MR) is 184 cm³/mol. The third kappa shape index (κ3) is 13.6. The van der Waals surface area contributed by atoms with Crippen molar-refractivity contribution in [3.05, 3.63) is 90.5 Å². The molecule has 0 N–H and O–H groups in total. The van der Waals surface area contributed by atoms with Gasteiger partial charge in [0.25, 0.3) is 0 Å². The van der Waals surface area contributed by atoms with Crippen molar-refractivity contribution in [1.29, 1.82) is 0 Å². The third-order valence-electron chi connectivity index (χ3n) is 8.28. The van der Waals surface area contributed by atoms with Crippen LogP contribution in [-0.4, -0.2) is 53.1 Å². The molecule has 0 aliphatic rings. The SMILES string of the molecule is C=CC[C@H](C[C@@H](OCc1ccc(OC)cc1)[C@@H](C)OCOCc1ccccc1)OC(=O)C(C)(C)C=CCO[Si](C)(C)C(C)(C)C.